The second-order valence-electron chi connectivity index (χ2n) is 4.76. The van der Waals surface area contributed by atoms with Gasteiger partial charge in [-0.05, 0) is 36.2 Å². The van der Waals surface area contributed by atoms with Gasteiger partial charge in [-0.3, -0.25) is 4.57 Å². The molecule has 0 radical (unpaired) electrons. The summed E-state index contributed by atoms with van der Waals surface area (Å²) < 4.78 is 15.1. The molecule has 0 aliphatic heterocycles. The first-order chi connectivity index (χ1) is 10.3. The average molecular weight is 281 g/mol. The van der Waals surface area contributed by atoms with Gasteiger partial charge in [-0.15, -0.1) is 0 Å². The Morgan fingerprint density at radius 3 is 2.71 bits per heavy atom. The van der Waals surface area contributed by atoms with E-state index in [0.29, 0.717) is 6.54 Å². The SMILES string of the molecule is Fc1cccc(CCNc2nccn2-c2ccccc2)c1. The molecule has 21 heavy (non-hydrogen) atoms. The third-order valence-corrected chi connectivity index (χ3v) is 3.26. The highest BCUT2D eigenvalue weighted by molar-refractivity contribution is 5.41. The van der Waals surface area contributed by atoms with Crippen molar-refractivity contribution < 1.29 is 4.39 Å². The van der Waals surface area contributed by atoms with Crippen LogP contribution in [-0.4, -0.2) is 16.1 Å². The van der Waals surface area contributed by atoms with Gasteiger partial charge >= 0.3 is 0 Å². The Balaban J connectivity index is 1.66. The number of para-hydroxylation sites is 1. The fourth-order valence-electron chi connectivity index (χ4n) is 2.24. The predicted molar refractivity (Wildman–Crippen MR) is 82.2 cm³/mol. The average Bonchev–Trinajstić information content (AvgIpc) is 2.97. The molecular formula is C17H16FN3. The number of anilines is 1. The molecule has 0 saturated heterocycles. The highest BCUT2D eigenvalue weighted by atomic mass is 19.1. The molecule has 1 aromatic heterocycles. The maximum atomic E-state index is 13.1. The highest BCUT2D eigenvalue weighted by Crippen LogP contribution is 2.14. The van der Waals surface area contributed by atoms with E-state index in [-0.39, 0.29) is 5.82 Å². The number of imidazole rings is 1. The van der Waals surface area contributed by atoms with Crippen molar-refractivity contribution in [3.8, 4) is 5.69 Å². The van der Waals surface area contributed by atoms with Gasteiger partial charge in [0.15, 0.2) is 0 Å². The Bertz CT molecular complexity index is 707. The standard InChI is InChI=1S/C17H16FN3/c18-15-6-4-5-14(13-15)9-10-19-17-20-11-12-21(17)16-7-2-1-3-8-16/h1-8,11-13H,9-10H2,(H,19,20). The molecule has 0 unspecified atom stereocenters. The van der Waals surface area contributed by atoms with E-state index in [9.17, 15) is 4.39 Å². The normalized spacial score (nSPS) is 10.5. The van der Waals surface area contributed by atoms with Crippen molar-refractivity contribution in [2.24, 2.45) is 0 Å². The van der Waals surface area contributed by atoms with Crippen LogP contribution < -0.4 is 5.32 Å². The largest absolute Gasteiger partial charge is 0.355 e. The summed E-state index contributed by atoms with van der Waals surface area (Å²) in [6.07, 6.45) is 4.43. The van der Waals surface area contributed by atoms with Crippen molar-refractivity contribution in [3.05, 3.63) is 78.4 Å². The number of hydrogen-bond acceptors (Lipinski definition) is 2. The molecule has 0 spiro atoms. The summed E-state index contributed by atoms with van der Waals surface area (Å²) in [6.45, 7) is 0.702. The molecule has 1 heterocycles. The summed E-state index contributed by atoms with van der Waals surface area (Å²) >= 11 is 0. The minimum Gasteiger partial charge on any atom is -0.355 e. The first kappa shape index (κ1) is 13.4. The van der Waals surface area contributed by atoms with Crippen LogP contribution in [0.1, 0.15) is 5.56 Å². The lowest BCUT2D eigenvalue weighted by Gasteiger charge is -2.09. The fraction of sp³-hybridized carbons (Fsp3) is 0.118. The monoisotopic (exact) mass is 281 g/mol. The number of aromatic nitrogens is 2. The molecule has 0 saturated carbocycles. The molecule has 2 aromatic carbocycles. The van der Waals surface area contributed by atoms with E-state index < -0.39 is 0 Å². The number of hydrogen-bond donors (Lipinski definition) is 1. The summed E-state index contributed by atoms with van der Waals surface area (Å²) in [6, 6.07) is 16.7. The lowest BCUT2D eigenvalue weighted by molar-refractivity contribution is 0.625. The van der Waals surface area contributed by atoms with Gasteiger partial charge in [0.25, 0.3) is 0 Å². The quantitative estimate of drug-likeness (QED) is 0.773. The van der Waals surface area contributed by atoms with Crippen molar-refractivity contribution >= 4 is 5.95 Å². The second-order valence-corrected chi connectivity index (χ2v) is 4.76. The number of halogens is 1. The van der Waals surface area contributed by atoms with E-state index >= 15 is 0 Å². The van der Waals surface area contributed by atoms with Crippen molar-refractivity contribution in [2.45, 2.75) is 6.42 Å². The van der Waals surface area contributed by atoms with Gasteiger partial charge in [-0.25, -0.2) is 9.37 Å². The second kappa shape index (κ2) is 6.22. The van der Waals surface area contributed by atoms with E-state index in [4.69, 9.17) is 0 Å². The van der Waals surface area contributed by atoms with Gasteiger partial charge in [0.05, 0.1) is 0 Å². The molecular weight excluding hydrogens is 265 g/mol. The highest BCUT2D eigenvalue weighted by Gasteiger charge is 2.04. The Morgan fingerprint density at radius 2 is 1.90 bits per heavy atom. The number of nitrogens with one attached hydrogen (secondary N) is 1. The van der Waals surface area contributed by atoms with E-state index in [0.717, 1.165) is 23.6 Å². The summed E-state index contributed by atoms with van der Waals surface area (Å²) in [4.78, 5) is 4.32. The zero-order valence-corrected chi connectivity index (χ0v) is 11.5. The maximum absolute atomic E-state index is 13.1. The summed E-state index contributed by atoms with van der Waals surface area (Å²) in [5.74, 6) is 0.593. The van der Waals surface area contributed by atoms with E-state index in [1.54, 1.807) is 18.3 Å². The van der Waals surface area contributed by atoms with Crippen LogP contribution in [0.25, 0.3) is 5.69 Å². The first-order valence-electron chi connectivity index (χ1n) is 6.90. The molecule has 4 heteroatoms. The van der Waals surface area contributed by atoms with Crippen molar-refractivity contribution in [3.63, 3.8) is 0 Å². The summed E-state index contributed by atoms with van der Waals surface area (Å²) in [5, 5.41) is 3.29. The van der Waals surface area contributed by atoms with Crippen molar-refractivity contribution in [1.82, 2.24) is 9.55 Å². The third-order valence-electron chi connectivity index (χ3n) is 3.26. The molecule has 0 fully saturated rings. The van der Waals surface area contributed by atoms with Crippen LogP contribution in [0, 0.1) is 5.82 Å². The number of benzene rings is 2. The van der Waals surface area contributed by atoms with Gasteiger partial charge in [-0.1, -0.05) is 30.3 Å². The van der Waals surface area contributed by atoms with Crippen molar-refractivity contribution in [2.75, 3.05) is 11.9 Å². The molecule has 0 bridgehead atoms. The fourth-order valence-corrected chi connectivity index (χ4v) is 2.24. The van der Waals surface area contributed by atoms with Gasteiger partial charge in [0.2, 0.25) is 5.95 Å². The van der Waals surface area contributed by atoms with Gasteiger partial charge in [0, 0.05) is 24.6 Å². The summed E-state index contributed by atoms with van der Waals surface area (Å²) in [7, 11) is 0. The van der Waals surface area contributed by atoms with Crippen LogP contribution in [0.2, 0.25) is 0 Å². The van der Waals surface area contributed by atoms with E-state index in [1.807, 2.05) is 47.2 Å². The van der Waals surface area contributed by atoms with E-state index in [1.165, 1.54) is 6.07 Å². The van der Waals surface area contributed by atoms with Crippen molar-refractivity contribution in [1.29, 1.82) is 0 Å². The van der Waals surface area contributed by atoms with Crippen LogP contribution in [0.15, 0.2) is 67.0 Å². The smallest absolute Gasteiger partial charge is 0.207 e. The zero-order chi connectivity index (χ0) is 14.5. The van der Waals surface area contributed by atoms with Crippen LogP contribution in [0.4, 0.5) is 10.3 Å². The minimum absolute atomic E-state index is 0.196. The van der Waals surface area contributed by atoms with E-state index in [2.05, 4.69) is 10.3 Å². The molecule has 0 aliphatic carbocycles. The van der Waals surface area contributed by atoms with Crippen LogP contribution in [0.5, 0.6) is 0 Å². The lowest BCUT2D eigenvalue weighted by atomic mass is 10.1. The molecule has 3 aromatic rings. The molecule has 106 valence electrons. The van der Waals surface area contributed by atoms with Crippen LogP contribution in [0.3, 0.4) is 0 Å². The third kappa shape index (κ3) is 3.28. The molecule has 0 atom stereocenters. The predicted octanol–water partition coefficient (Wildman–Crippen LogP) is 3.67. The maximum Gasteiger partial charge on any atom is 0.207 e. The molecule has 3 nitrogen and oxygen atoms in total. The summed E-state index contributed by atoms with van der Waals surface area (Å²) in [5.41, 5.74) is 2.03. The lowest BCUT2D eigenvalue weighted by Crippen LogP contribution is -2.09. The van der Waals surface area contributed by atoms with Gasteiger partial charge < -0.3 is 5.32 Å². The topological polar surface area (TPSA) is 29.9 Å². The van der Waals surface area contributed by atoms with Gasteiger partial charge in [0.1, 0.15) is 5.82 Å². The molecule has 0 amide bonds. The Morgan fingerprint density at radius 1 is 1.05 bits per heavy atom. The van der Waals surface area contributed by atoms with Crippen LogP contribution in [-0.2, 0) is 6.42 Å². The van der Waals surface area contributed by atoms with Gasteiger partial charge in [-0.2, -0.15) is 0 Å². The number of nitrogens with zero attached hydrogens (tertiary/aromatic N) is 2. The number of rotatable bonds is 5. The Labute approximate surface area is 123 Å². The zero-order valence-electron chi connectivity index (χ0n) is 11.5. The Kier molecular flexibility index (Phi) is 3.96. The molecule has 1 N–H and O–H groups in total. The minimum atomic E-state index is -0.196. The molecule has 3 rings (SSSR count). The molecule has 0 aliphatic rings. The Hall–Kier alpha value is -2.62. The first-order valence-corrected chi connectivity index (χ1v) is 6.90. The van der Waals surface area contributed by atoms with Crippen LogP contribution >= 0.6 is 0 Å².